The minimum absolute atomic E-state index is 0.254. The average Bonchev–Trinajstić information content (AvgIpc) is 2.93. The van der Waals surface area contributed by atoms with Crippen LogP contribution in [-0.4, -0.2) is 53.8 Å². The number of aromatic nitrogens is 2. The minimum atomic E-state index is -0.767. The van der Waals surface area contributed by atoms with E-state index in [0.717, 1.165) is 37.2 Å². The average molecular weight is 505 g/mol. The third kappa shape index (κ3) is 6.85. The molecular formula is C28H32N4O3S. The SMILES string of the molecule is COC(=O)C(CSCc1ccccc1)NC(=O)c1cc(C)nc(N2CCC(c3ccccc3)CC2)n1. The molecule has 1 amide bonds. The zero-order chi connectivity index (χ0) is 25.3. The van der Waals surface area contributed by atoms with Crippen LogP contribution in [0, 0.1) is 6.92 Å². The van der Waals surface area contributed by atoms with Gasteiger partial charge in [-0.1, -0.05) is 60.7 Å². The number of nitrogens with one attached hydrogen (secondary N) is 1. The standard InChI is InChI=1S/C28H32N4O3S/c1-20-17-24(26(33)30-25(27(34)35-2)19-36-18-21-9-5-3-6-10-21)31-28(29-20)32-15-13-23(14-16-32)22-11-7-4-8-12-22/h3-12,17,23,25H,13-16,18-19H2,1-2H3,(H,30,33). The van der Waals surface area contributed by atoms with Crippen molar-refractivity contribution in [2.45, 2.75) is 37.5 Å². The molecule has 0 saturated carbocycles. The van der Waals surface area contributed by atoms with E-state index in [1.165, 1.54) is 12.7 Å². The summed E-state index contributed by atoms with van der Waals surface area (Å²) in [5.41, 5.74) is 3.49. The number of amides is 1. The molecule has 4 rings (SSSR count). The molecule has 1 atom stereocenters. The molecule has 1 saturated heterocycles. The van der Waals surface area contributed by atoms with E-state index in [-0.39, 0.29) is 5.69 Å². The topological polar surface area (TPSA) is 84.4 Å². The lowest BCUT2D eigenvalue weighted by Crippen LogP contribution is -2.44. The van der Waals surface area contributed by atoms with Crippen LogP contribution in [-0.2, 0) is 15.3 Å². The van der Waals surface area contributed by atoms with E-state index in [9.17, 15) is 9.59 Å². The maximum absolute atomic E-state index is 13.1. The summed E-state index contributed by atoms with van der Waals surface area (Å²) in [5, 5.41) is 2.81. The van der Waals surface area contributed by atoms with Crippen LogP contribution >= 0.6 is 11.8 Å². The highest BCUT2D eigenvalue weighted by molar-refractivity contribution is 7.98. The van der Waals surface area contributed by atoms with Crippen LogP contribution in [0.25, 0.3) is 0 Å². The second-order valence-corrected chi connectivity index (χ2v) is 9.95. The highest BCUT2D eigenvalue weighted by Gasteiger charge is 2.26. The first-order chi connectivity index (χ1) is 17.5. The molecule has 36 heavy (non-hydrogen) atoms. The number of carbonyl (C=O) groups excluding carboxylic acids is 2. The number of piperidine rings is 1. The highest BCUT2D eigenvalue weighted by Crippen LogP contribution is 2.29. The minimum Gasteiger partial charge on any atom is -0.467 e. The van der Waals surface area contributed by atoms with Gasteiger partial charge in [-0.3, -0.25) is 4.79 Å². The normalized spacial score (nSPS) is 14.8. The van der Waals surface area contributed by atoms with Gasteiger partial charge in [-0.05, 0) is 42.9 Å². The fraction of sp³-hybridized carbons (Fsp3) is 0.357. The van der Waals surface area contributed by atoms with Crippen molar-refractivity contribution in [2.24, 2.45) is 0 Å². The third-order valence-electron chi connectivity index (χ3n) is 6.31. The Hall–Kier alpha value is -3.39. The number of benzene rings is 2. The number of esters is 1. The molecule has 1 aliphatic rings. The van der Waals surface area contributed by atoms with Crippen molar-refractivity contribution in [1.29, 1.82) is 0 Å². The van der Waals surface area contributed by atoms with Gasteiger partial charge < -0.3 is 15.0 Å². The molecule has 0 spiro atoms. The van der Waals surface area contributed by atoms with Crippen molar-refractivity contribution in [3.05, 3.63) is 89.2 Å². The number of aryl methyl sites for hydroxylation is 1. The number of carbonyl (C=O) groups is 2. The van der Waals surface area contributed by atoms with Gasteiger partial charge in [-0.25, -0.2) is 14.8 Å². The van der Waals surface area contributed by atoms with Crippen molar-refractivity contribution >= 4 is 29.6 Å². The Labute approximate surface area is 216 Å². The smallest absolute Gasteiger partial charge is 0.329 e. The molecular weight excluding hydrogens is 472 g/mol. The summed E-state index contributed by atoms with van der Waals surface area (Å²) in [6, 6.07) is 21.5. The Kier molecular flexibility index (Phi) is 8.95. The molecule has 1 aliphatic heterocycles. The van der Waals surface area contributed by atoms with Gasteiger partial charge in [0.2, 0.25) is 5.95 Å². The molecule has 0 aliphatic carbocycles. The van der Waals surface area contributed by atoms with Crippen molar-refractivity contribution in [3.63, 3.8) is 0 Å². The van der Waals surface area contributed by atoms with Gasteiger partial charge in [0.25, 0.3) is 5.91 Å². The number of methoxy groups -OCH3 is 1. The second kappa shape index (κ2) is 12.5. The number of hydrogen-bond donors (Lipinski definition) is 1. The van der Waals surface area contributed by atoms with Gasteiger partial charge in [0.15, 0.2) is 0 Å². The van der Waals surface area contributed by atoms with Gasteiger partial charge >= 0.3 is 5.97 Å². The van der Waals surface area contributed by atoms with E-state index in [0.29, 0.717) is 23.3 Å². The van der Waals surface area contributed by atoms with E-state index in [1.54, 1.807) is 17.8 Å². The van der Waals surface area contributed by atoms with Crippen LogP contribution in [0.1, 0.15) is 46.1 Å². The molecule has 2 heterocycles. The summed E-state index contributed by atoms with van der Waals surface area (Å²) in [6.07, 6.45) is 2.01. The molecule has 1 aromatic heterocycles. The predicted molar refractivity (Wildman–Crippen MR) is 143 cm³/mol. The van der Waals surface area contributed by atoms with Crippen LogP contribution in [0.3, 0.4) is 0 Å². The maximum atomic E-state index is 13.1. The fourth-order valence-electron chi connectivity index (χ4n) is 4.36. The van der Waals surface area contributed by atoms with Crippen molar-refractivity contribution in [3.8, 4) is 0 Å². The first kappa shape index (κ1) is 25.7. The summed E-state index contributed by atoms with van der Waals surface area (Å²) in [5.74, 6) is 1.33. The molecule has 3 aromatic rings. The summed E-state index contributed by atoms with van der Waals surface area (Å²) >= 11 is 1.57. The molecule has 0 bridgehead atoms. The molecule has 0 radical (unpaired) electrons. The van der Waals surface area contributed by atoms with Gasteiger partial charge in [0, 0.05) is 30.3 Å². The molecule has 8 heteroatoms. The lowest BCUT2D eigenvalue weighted by Gasteiger charge is -2.32. The number of thioether (sulfide) groups is 1. The lowest BCUT2D eigenvalue weighted by molar-refractivity contribution is -0.142. The van der Waals surface area contributed by atoms with E-state index >= 15 is 0 Å². The third-order valence-corrected chi connectivity index (χ3v) is 7.42. The lowest BCUT2D eigenvalue weighted by atomic mass is 9.90. The Bertz CT molecular complexity index is 1150. The van der Waals surface area contributed by atoms with E-state index in [4.69, 9.17) is 4.74 Å². The Morgan fingerprint density at radius 2 is 1.72 bits per heavy atom. The van der Waals surface area contributed by atoms with Crippen LogP contribution in [0.4, 0.5) is 5.95 Å². The van der Waals surface area contributed by atoms with Crippen molar-refractivity contribution in [2.75, 3.05) is 30.9 Å². The monoisotopic (exact) mass is 504 g/mol. The van der Waals surface area contributed by atoms with E-state index < -0.39 is 17.9 Å². The molecule has 1 unspecified atom stereocenters. The molecule has 1 N–H and O–H groups in total. The predicted octanol–water partition coefficient (Wildman–Crippen LogP) is 4.37. The molecule has 2 aromatic carbocycles. The van der Waals surface area contributed by atoms with Crippen LogP contribution in [0.2, 0.25) is 0 Å². The quantitative estimate of drug-likeness (QED) is 0.433. The number of hydrogen-bond acceptors (Lipinski definition) is 7. The van der Waals surface area contributed by atoms with Crippen LogP contribution in [0.5, 0.6) is 0 Å². The number of nitrogens with zero attached hydrogens (tertiary/aromatic N) is 3. The maximum Gasteiger partial charge on any atom is 0.329 e. The first-order valence-corrected chi connectivity index (χ1v) is 13.3. The van der Waals surface area contributed by atoms with Crippen LogP contribution < -0.4 is 10.2 Å². The zero-order valence-corrected chi connectivity index (χ0v) is 21.5. The van der Waals surface area contributed by atoms with Crippen molar-refractivity contribution in [1.82, 2.24) is 15.3 Å². The number of ether oxygens (including phenoxy) is 1. The van der Waals surface area contributed by atoms with Gasteiger partial charge in [0.1, 0.15) is 11.7 Å². The van der Waals surface area contributed by atoms with E-state index in [2.05, 4.69) is 44.5 Å². The fourth-order valence-corrected chi connectivity index (χ4v) is 5.36. The molecule has 1 fully saturated rings. The number of anilines is 1. The molecule has 7 nitrogen and oxygen atoms in total. The Balaban J connectivity index is 1.39. The summed E-state index contributed by atoms with van der Waals surface area (Å²) in [4.78, 5) is 36.7. The van der Waals surface area contributed by atoms with Crippen LogP contribution in [0.15, 0.2) is 66.7 Å². The molecule has 188 valence electrons. The largest absolute Gasteiger partial charge is 0.467 e. The van der Waals surface area contributed by atoms with E-state index in [1.807, 2.05) is 43.3 Å². The van der Waals surface area contributed by atoms with Gasteiger partial charge in [-0.2, -0.15) is 11.8 Å². The Morgan fingerprint density at radius 3 is 2.39 bits per heavy atom. The van der Waals surface area contributed by atoms with Crippen molar-refractivity contribution < 1.29 is 14.3 Å². The Morgan fingerprint density at radius 1 is 1.06 bits per heavy atom. The summed E-state index contributed by atoms with van der Waals surface area (Å²) in [6.45, 7) is 3.50. The zero-order valence-electron chi connectivity index (χ0n) is 20.7. The summed E-state index contributed by atoms with van der Waals surface area (Å²) in [7, 11) is 1.33. The number of rotatable bonds is 9. The second-order valence-electron chi connectivity index (χ2n) is 8.92. The summed E-state index contributed by atoms with van der Waals surface area (Å²) < 4.78 is 4.93. The van der Waals surface area contributed by atoms with Gasteiger partial charge in [-0.15, -0.1) is 0 Å². The first-order valence-electron chi connectivity index (χ1n) is 12.2. The van der Waals surface area contributed by atoms with Gasteiger partial charge in [0.05, 0.1) is 7.11 Å². The highest BCUT2D eigenvalue weighted by atomic mass is 32.2.